The van der Waals surface area contributed by atoms with Gasteiger partial charge in [-0.2, -0.15) is 13.2 Å². The Morgan fingerprint density at radius 3 is 2.31 bits per heavy atom. The molecular weight excluding hydrogens is 469 g/mol. The number of benzene rings is 2. The fourth-order valence-electron chi connectivity index (χ4n) is 5.11. The number of carbonyl (C=O) groups is 1. The summed E-state index contributed by atoms with van der Waals surface area (Å²) in [7, 11) is 1.67. The fourth-order valence-corrected chi connectivity index (χ4v) is 5.11. The van der Waals surface area contributed by atoms with Gasteiger partial charge in [0.15, 0.2) is 0 Å². The Balaban J connectivity index is 1.36. The molecule has 2 aliphatic rings. The number of alkyl halides is 3. The number of amides is 2. The molecule has 1 N–H and O–H groups in total. The van der Waals surface area contributed by atoms with Crippen LogP contribution < -0.4 is 15.0 Å². The highest BCUT2D eigenvalue weighted by atomic mass is 19.4. The molecule has 36 heavy (non-hydrogen) atoms. The molecule has 9 heteroatoms. The van der Waals surface area contributed by atoms with Crippen LogP contribution in [0.3, 0.4) is 0 Å². The van der Waals surface area contributed by atoms with E-state index in [9.17, 15) is 18.0 Å². The summed E-state index contributed by atoms with van der Waals surface area (Å²) in [6.07, 6.45) is -2.28. The predicted molar refractivity (Wildman–Crippen MR) is 136 cm³/mol. The molecule has 0 atom stereocenters. The third-order valence-electron chi connectivity index (χ3n) is 7.29. The van der Waals surface area contributed by atoms with Gasteiger partial charge in [0.1, 0.15) is 5.75 Å². The largest absolute Gasteiger partial charge is 0.496 e. The van der Waals surface area contributed by atoms with Crippen molar-refractivity contribution >= 4 is 17.4 Å². The van der Waals surface area contributed by atoms with Gasteiger partial charge in [-0.05, 0) is 87.7 Å². The molecule has 2 aromatic rings. The molecule has 0 radical (unpaired) electrons. The molecule has 0 bridgehead atoms. The highest BCUT2D eigenvalue weighted by Gasteiger charge is 2.31. The van der Waals surface area contributed by atoms with Gasteiger partial charge < -0.3 is 24.8 Å². The Kier molecular flexibility index (Phi) is 7.97. The number of halogens is 3. The standard InChI is InChI=1S/C27H35F3N4O2/c1-19(2)32-11-9-20(10-12-32)24-18-22(7-8-25(24)36-3)31-26(35)34-15-13-33(14-16-34)23-6-4-5-21(17-23)27(28,29)30/h4-8,17-20H,9-16H2,1-3H3,(H,31,35). The Morgan fingerprint density at radius 1 is 1.00 bits per heavy atom. The summed E-state index contributed by atoms with van der Waals surface area (Å²) in [6, 6.07) is 11.4. The van der Waals surface area contributed by atoms with Crippen molar-refractivity contribution in [2.75, 3.05) is 56.6 Å². The number of piperazine rings is 1. The molecule has 4 rings (SSSR count). The lowest BCUT2D eigenvalue weighted by Crippen LogP contribution is -2.50. The van der Waals surface area contributed by atoms with E-state index in [-0.39, 0.29) is 6.03 Å². The first-order chi connectivity index (χ1) is 17.2. The number of nitrogens with zero attached hydrogens (tertiary/aromatic N) is 3. The van der Waals surface area contributed by atoms with Gasteiger partial charge in [-0.15, -0.1) is 0 Å². The molecule has 0 aliphatic carbocycles. The number of anilines is 2. The number of methoxy groups -OCH3 is 1. The molecule has 2 heterocycles. The Bertz CT molecular complexity index is 1040. The summed E-state index contributed by atoms with van der Waals surface area (Å²) < 4.78 is 44.8. The minimum atomic E-state index is -4.37. The third-order valence-corrected chi connectivity index (χ3v) is 7.29. The van der Waals surface area contributed by atoms with E-state index in [1.165, 1.54) is 12.1 Å². The number of rotatable bonds is 5. The lowest BCUT2D eigenvalue weighted by molar-refractivity contribution is -0.137. The number of hydrogen-bond donors (Lipinski definition) is 1. The topological polar surface area (TPSA) is 48.1 Å². The van der Waals surface area contributed by atoms with Crippen LogP contribution in [0, 0.1) is 0 Å². The molecule has 2 amide bonds. The number of piperidine rings is 1. The summed E-state index contributed by atoms with van der Waals surface area (Å²) >= 11 is 0. The van der Waals surface area contributed by atoms with Crippen molar-refractivity contribution in [1.82, 2.24) is 9.80 Å². The zero-order chi connectivity index (χ0) is 25.9. The van der Waals surface area contributed by atoms with Crippen LogP contribution in [0.2, 0.25) is 0 Å². The number of nitrogens with one attached hydrogen (secondary N) is 1. The first-order valence-corrected chi connectivity index (χ1v) is 12.6. The Morgan fingerprint density at radius 2 is 1.69 bits per heavy atom. The molecule has 0 spiro atoms. The second kappa shape index (κ2) is 11.0. The lowest BCUT2D eigenvalue weighted by Gasteiger charge is -2.36. The van der Waals surface area contributed by atoms with E-state index in [1.54, 1.807) is 18.1 Å². The van der Waals surface area contributed by atoms with Gasteiger partial charge in [-0.25, -0.2) is 4.79 Å². The van der Waals surface area contributed by atoms with Crippen LogP contribution in [0.15, 0.2) is 42.5 Å². The van der Waals surface area contributed by atoms with Crippen molar-refractivity contribution < 1.29 is 22.7 Å². The van der Waals surface area contributed by atoms with E-state index in [0.29, 0.717) is 43.8 Å². The number of carbonyl (C=O) groups excluding carboxylic acids is 1. The van der Waals surface area contributed by atoms with Gasteiger partial charge in [-0.1, -0.05) is 6.07 Å². The maximum atomic E-state index is 13.1. The van der Waals surface area contributed by atoms with Gasteiger partial charge in [-0.3, -0.25) is 0 Å². The van der Waals surface area contributed by atoms with E-state index in [1.807, 2.05) is 23.1 Å². The van der Waals surface area contributed by atoms with Crippen LogP contribution in [0.4, 0.5) is 29.3 Å². The fraction of sp³-hybridized carbons (Fsp3) is 0.519. The Labute approximate surface area is 211 Å². The van der Waals surface area contributed by atoms with E-state index < -0.39 is 11.7 Å². The van der Waals surface area contributed by atoms with E-state index in [4.69, 9.17) is 4.74 Å². The second-order valence-corrected chi connectivity index (χ2v) is 9.81. The average Bonchev–Trinajstić information content (AvgIpc) is 2.88. The van der Waals surface area contributed by atoms with Crippen LogP contribution in [0.1, 0.15) is 43.7 Å². The molecule has 0 unspecified atom stereocenters. The van der Waals surface area contributed by atoms with E-state index in [0.717, 1.165) is 49.0 Å². The SMILES string of the molecule is COc1ccc(NC(=O)N2CCN(c3cccc(C(F)(F)F)c3)CC2)cc1C1CCN(C(C)C)CC1. The molecule has 6 nitrogen and oxygen atoms in total. The highest BCUT2D eigenvalue weighted by molar-refractivity contribution is 5.89. The van der Waals surface area contributed by atoms with Crippen molar-refractivity contribution in [1.29, 1.82) is 0 Å². The van der Waals surface area contributed by atoms with Gasteiger partial charge in [0.25, 0.3) is 0 Å². The maximum Gasteiger partial charge on any atom is 0.416 e. The number of ether oxygens (including phenoxy) is 1. The summed E-state index contributed by atoms with van der Waals surface area (Å²) in [6.45, 7) is 8.31. The molecular formula is C27H35F3N4O2. The zero-order valence-electron chi connectivity index (χ0n) is 21.1. The molecule has 0 saturated carbocycles. The van der Waals surface area contributed by atoms with Crippen LogP contribution in [-0.4, -0.2) is 68.3 Å². The van der Waals surface area contributed by atoms with E-state index >= 15 is 0 Å². The van der Waals surface area contributed by atoms with Gasteiger partial charge >= 0.3 is 12.2 Å². The van der Waals surface area contributed by atoms with Crippen LogP contribution in [0.5, 0.6) is 5.75 Å². The minimum absolute atomic E-state index is 0.204. The van der Waals surface area contributed by atoms with Crippen LogP contribution in [0.25, 0.3) is 0 Å². The van der Waals surface area contributed by atoms with Crippen molar-refractivity contribution in [3.05, 3.63) is 53.6 Å². The lowest BCUT2D eigenvalue weighted by atomic mass is 9.88. The molecule has 2 aromatic carbocycles. The van der Waals surface area contributed by atoms with Gasteiger partial charge in [0, 0.05) is 43.6 Å². The maximum absolute atomic E-state index is 13.1. The summed E-state index contributed by atoms with van der Waals surface area (Å²) in [5.74, 6) is 1.22. The first kappa shape index (κ1) is 26.1. The predicted octanol–water partition coefficient (Wildman–Crippen LogP) is 5.66. The number of hydrogen-bond acceptors (Lipinski definition) is 4. The molecule has 2 aliphatic heterocycles. The first-order valence-electron chi connectivity index (χ1n) is 12.6. The zero-order valence-corrected chi connectivity index (χ0v) is 21.1. The van der Waals surface area contributed by atoms with Crippen molar-refractivity contribution in [2.45, 2.75) is 44.8 Å². The number of likely N-dealkylation sites (tertiary alicyclic amines) is 1. The van der Waals surface area contributed by atoms with Crippen molar-refractivity contribution in [3.8, 4) is 5.75 Å². The van der Waals surface area contributed by atoms with Crippen molar-refractivity contribution in [3.63, 3.8) is 0 Å². The Hall–Kier alpha value is -2.94. The summed E-state index contributed by atoms with van der Waals surface area (Å²) in [4.78, 5) is 19.0. The van der Waals surface area contributed by atoms with E-state index in [2.05, 4.69) is 24.1 Å². The smallest absolute Gasteiger partial charge is 0.416 e. The second-order valence-electron chi connectivity index (χ2n) is 9.81. The summed E-state index contributed by atoms with van der Waals surface area (Å²) in [5, 5.41) is 3.01. The average molecular weight is 505 g/mol. The third kappa shape index (κ3) is 6.06. The molecule has 196 valence electrons. The quantitative estimate of drug-likeness (QED) is 0.571. The highest BCUT2D eigenvalue weighted by Crippen LogP contribution is 2.36. The molecule has 2 saturated heterocycles. The molecule has 2 fully saturated rings. The monoisotopic (exact) mass is 504 g/mol. The van der Waals surface area contributed by atoms with Crippen LogP contribution in [-0.2, 0) is 6.18 Å². The van der Waals surface area contributed by atoms with Crippen molar-refractivity contribution in [2.24, 2.45) is 0 Å². The molecule has 0 aromatic heterocycles. The normalized spacial score (nSPS) is 18.0. The minimum Gasteiger partial charge on any atom is -0.496 e. The van der Waals surface area contributed by atoms with Crippen LogP contribution >= 0.6 is 0 Å². The van der Waals surface area contributed by atoms with Gasteiger partial charge in [0.2, 0.25) is 0 Å². The number of urea groups is 1. The van der Waals surface area contributed by atoms with Gasteiger partial charge in [0.05, 0.1) is 12.7 Å². The summed E-state index contributed by atoms with van der Waals surface area (Å²) in [5.41, 5.74) is 1.70.